The van der Waals surface area contributed by atoms with Crippen molar-refractivity contribution < 1.29 is 23.5 Å². The van der Waals surface area contributed by atoms with E-state index in [9.17, 15) is 4.79 Å². The maximum atomic E-state index is 13.5. The molecule has 1 fully saturated rings. The molecule has 204 valence electrons. The number of carbonyl (C=O) groups excluding carboxylic acids is 1. The minimum atomic E-state index is -0.430. The lowest BCUT2D eigenvalue weighted by molar-refractivity contribution is -0.120. The van der Waals surface area contributed by atoms with Gasteiger partial charge >= 0.3 is 0 Å². The summed E-state index contributed by atoms with van der Waals surface area (Å²) in [6.45, 7) is 0. The van der Waals surface area contributed by atoms with Crippen LogP contribution in [0.2, 0.25) is 0 Å². The SMILES string of the molecule is COc1ccc(N2C(=O)CCC(c3nc(-c4cc(Br)c5cc[nH]c5c4)no3)C2c2ccc(OC)c(OC)c2)cc1. The van der Waals surface area contributed by atoms with E-state index in [4.69, 9.17) is 23.7 Å². The molecule has 1 N–H and O–H groups in total. The van der Waals surface area contributed by atoms with E-state index in [-0.39, 0.29) is 11.8 Å². The zero-order valence-corrected chi connectivity index (χ0v) is 23.8. The van der Waals surface area contributed by atoms with Gasteiger partial charge in [0.25, 0.3) is 0 Å². The van der Waals surface area contributed by atoms with E-state index in [0.29, 0.717) is 41.8 Å². The van der Waals surface area contributed by atoms with Gasteiger partial charge in [-0.2, -0.15) is 4.98 Å². The number of methoxy groups -OCH3 is 3. The highest BCUT2D eigenvalue weighted by Crippen LogP contribution is 2.47. The Labute approximate surface area is 239 Å². The van der Waals surface area contributed by atoms with Crippen LogP contribution in [0.5, 0.6) is 17.2 Å². The van der Waals surface area contributed by atoms with Crippen LogP contribution in [0.4, 0.5) is 5.69 Å². The van der Waals surface area contributed by atoms with E-state index in [1.165, 1.54) is 0 Å². The molecule has 10 heteroatoms. The van der Waals surface area contributed by atoms with Gasteiger partial charge in [-0.3, -0.25) is 4.79 Å². The van der Waals surface area contributed by atoms with Crippen molar-refractivity contribution in [2.75, 3.05) is 26.2 Å². The topological polar surface area (TPSA) is 103 Å². The second-order valence-electron chi connectivity index (χ2n) is 9.52. The second kappa shape index (κ2) is 10.7. The first kappa shape index (κ1) is 25.9. The molecule has 1 aliphatic heterocycles. The Balaban J connectivity index is 1.45. The molecule has 6 rings (SSSR count). The normalized spacial score (nSPS) is 17.3. The number of nitrogens with one attached hydrogen (secondary N) is 1. The van der Waals surface area contributed by atoms with Crippen molar-refractivity contribution in [2.24, 2.45) is 0 Å². The number of rotatable bonds is 7. The number of H-pyrrole nitrogens is 1. The molecule has 1 saturated heterocycles. The number of nitrogens with zero attached hydrogens (tertiary/aromatic N) is 3. The molecule has 2 atom stereocenters. The van der Waals surface area contributed by atoms with Crippen LogP contribution in [0.15, 0.2) is 75.9 Å². The molecule has 9 nitrogen and oxygen atoms in total. The zero-order chi connectivity index (χ0) is 27.8. The van der Waals surface area contributed by atoms with Crippen molar-refractivity contribution >= 4 is 38.4 Å². The predicted octanol–water partition coefficient (Wildman–Crippen LogP) is 6.66. The molecule has 5 aromatic rings. The Morgan fingerprint density at radius 3 is 2.52 bits per heavy atom. The predicted molar refractivity (Wildman–Crippen MR) is 154 cm³/mol. The Bertz CT molecular complexity index is 1680. The maximum Gasteiger partial charge on any atom is 0.232 e. The standard InChI is InChI=1S/C30H27BrN4O5/c1-37-20-7-5-19(6-8-20)35-27(36)11-9-22(28(35)17-4-10-25(38-2)26(16-17)39-3)30-33-29(34-40-30)18-14-23(31)21-12-13-32-24(21)15-18/h4-8,10,12-16,22,28,32H,9,11H2,1-3H3. The third kappa shape index (κ3) is 4.58. The highest BCUT2D eigenvalue weighted by Gasteiger charge is 2.42. The summed E-state index contributed by atoms with van der Waals surface area (Å²) in [4.78, 5) is 23.4. The van der Waals surface area contributed by atoms with E-state index in [1.54, 1.807) is 26.2 Å². The molecule has 0 saturated carbocycles. The summed E-state index contributed by atoms with van der Waals surface area (Å²) in [5, 5.41) is 5.41. The number of aromatic amines is 1. The molecule has 0 radical (unpaired) electrons. The lowest BCUT2D eigenvalue weighted by Crippen LogP contribution is -2.42. The molecule has 2 aromatic heterocycles. The molecule has 0 spiro atoms. The number of piperidine rings is 1. The van der Waals surface area contributed by atoms with Gasteiger partial charge in [-0.1, -0.05) is 27.2 Å². The number of halogens is 1. The first-order valence-electron chi connectivity index (χ1n) is 12.8. The fourth-order valence-corrected chi connectivity index (χ4v) is 5.96. The molecule has 1 aliphatic rings. The summed E-state index contributed by atoms with van der Waals surface area (Å²) in [6, 6.07) is 18.7. The number of fused-ring (bicyclic) bond motifs is 1. The summed E-state index contributed by atoms with van der Waals surface area (Å²) in [5.74, 6) is 2.56. The van der Waals surface area contributed by atoms with Gasteiger partial charge < -0.3 is 28.6 Å². The number of anilines is 1. The first-order valence-corrected chi connectivity index (χ1v) is 13.6. The van der Waals surface area contributed by atoms with Crippen LogP contribution in [0, 0.1) is 0 Å². The largest absolute Gasteiger partial charge is 0.497 e. The summed E-state index contributed by atoms with van der Waals surface area (Å²) in [6.07, 6.45) is 2.77. The van der Waals surface area contributed by atoms with Crippen LogP contribution in [0.1, 0.15) is 36.3 Å². The van der Waals surface area contributed by atoms with Gasteiger partial charge in [0.1, 0.15) is 5.75 Å². The van der Waals surface area contributed by atoms with E-state index in [2.05, 4.69) is 26.1 Å². The molecule has 2 unspecified atom stereocenters. The molecule has 40 heavy (non-hydrogen) atoms. The van der Waals surface area contributed by atoms with Crippen LogP contribution in [-0.4, -0.2) is 42.4 Å². The van der Waals surface area contributed by atoms with Crippen LogP contribution in [0.25, 0.3) is 22.3 Å². The fraction of sp³-hybridized carbons (Fsp3) is 0.233. The number of aromatic nitrogens is 3. The third-order valence-corrected chi connectivity index (χ3v) is 7.99. The van der Waals surface area contributed by atoms with Gasteiger partial charge in [-0.25, -0.2) is 0 Å². The van der Waals surface area contributed by atoms with Crippen molar-refractivity contribution in [3.63, 3.8) is 0 Å². The third-order valence-electron chi connectivity index (χ3n) is 7.33. The Morgan fingerprint density at radius 2 is 1.77 bits per heavy atom. The van der Waals surface area contributed by atoms with E-state index >= 15 is 0 Å². The Hall–Kier alpha value is -4.31. The molecule has 0 bridgehead atoms. The summed E-state index contributed by atoms with van der Waals surface area (Å²) in [7, 11) is 4.80. The molecule has 1 amide bonds. The first-order chi connectivity index (χ1) is 19.5. The number of hydrogen-bond donors (Lipinski definition) is 1. The lowest BCUT2D eigenvalue weighted by atomic mass is 9.83. The summed E-state index contributed by atoms with van der Waals surface area (Å²) in [5.41, 5.74) is 3.39. The van der Waals surface area contributed by atoms with Gasteiger partial charge in [-0.05, 0) is 66.6 Å². The van der Waals surface area contributed by atoms with Crippen LogP contribution >= 0.6 is 15.9 Å². The van der Waals surface area contributed by atoms with Gasteiger partial charge in [0.2, 0.25) is 17.6 Å². The van der Waals surface area contributed by atoms with Crippen molar-refractivity contribution in [1.82, 2.24) is 15.1 Å². The smallest absolute Gasteiger partial charge is 0.232 e. The maximum absolute atomic E-state index is 13.5. The van der Waals surface area contributed by atoms with E-state index in [1.807, 2.05) is 66.9 Å². The average Bonchev–Trinajstić information content (AvgIpc) is 3.67. The van der Waals surface area contributed by atoms with Crippen LogP contribution in [0.3, 0.4) is 0 Å². The molecule has 3 heterocycles. The van der Waals surface area contributed by atoms with Crippen molar-refractivity contribution in [1.29, 1.82) is 0 Å². The monoisotopic (exact) mass is 602 g/mol. The number of hydrogen-bond acceptors (Lipinski definition) is 7. The lowest BCUT2D eigenvalue weighted by Gasteiger charge is -2.40. The van der Waals surface area contributed by atoms with Gasteiger partial charge in [0, 0.05) is 39.2 Å². The van der Waals surface area contributed by atoms with Crippen molar-refractivity contribution in [3.05, 3.63) is 82.8 Å². The number of amides is 1. The molecular formula is C30H27BrN4O5. The van der Waals surface area contributed by atoms with Crippen molar-refractivity contribution in [3.8, 4) is 28.6 Å². The highest BCUT2D eigenvalue weighted by atomic mass is 79.9. The average molecular weight is 603 g/mol. The Kier molecular flexibility index (Phi) is 6.93. The number of ether oxygens (including phenoxy) is 3. The quantitative estimate of drug-likeness (QED) is 0.222. The molecule has 0 aliphatic carbocycles. The van der Waals surface area contributed by atoms with Crippen molar-refractivity contribution in [2.45, 2.75) is 24.8 Å². The van der Waals surface area contributed by atoms with E-state index in [0.717, 1.165) is 32.2 Å². The van der Waals surface area contributed by atoms with Gasteiger partial charge in [-0.15, -0.1) is 0 Å². The van der Waals surface area contributed by atoms with Gasteiger partial charge in [0.05, 0.1) is 33.3 Å². The summed E-state index contributed by atoms with van der Waals surface area (Å²) >= 11 is 3.64. The Morgan fingerprint density at radius 1 is 0.975 bits per heavy atom. The minimum absolute atomic E-state index is 0.00191. The van der Waals surface area contributed by atoms with Crippen LogP contribution in [-0.2, 0) is 4.79 Å². The number of benzene rings is 3. The molecular weight excluding hydrogens is 576 g/mol. The zero-order valence-electron chi connectivity index (χ0n) is 22.2. The number of carbonyl (C=O) groups is 1. The van der Waals surface area contributed by atoms with E-state index < -0.39 is 6.04 Å². The van der Waals surface area contributed by atoms with Crippen LogP contribution < -0.4 is 19.1 Å². The van der Waals surface area contributed by atoms with Gasteiger partial charge in [0.15, 0.2) is 11.5 Å². The molecule has 3 aromatic carbocycles. The second-order valence-corrected chi connectivity index (χ2v) is 10.4. The highest BCUT2D eigenvalue weighted by molar-refractivity contribution is 9.10. The summed E-state index contributed by atoms with van der Waals surface area (Å²) < 4.78 is 23.3. The minimum Gasteiger partial charge on any atom is -0.497 e. The fourth-order valence-electron chi connectivity index (χ4n) is 5.37.